The predicted octanol–water partition coefficient (Wildman–Crippen LogP) is 4.27. The molecule has 0 fully saturated rings. The minimum atomic E-state index is -0.368. The molecule has 0 spiro atoms. The van der Waals surface area contributed by atoms with Crippen molar-refractivity contribution in [1.82, 2.24) is 4.57 Å². The molecule has 0 radical (unpaired) electrons. The highest BCUT2D eigenvalue weighted by atomic mass is 32.1. The lowest BCUT2D eigenvalue weighted by Crippen LogP contribution is -2.17. The molecule has 0 aliphatic rings. The molecule has 1 aromatic heterocycles. The molecule has 1 heterocycles. The van der Waals surface area contributed by atoms with Gasteiger partial charge in [0.15, 0.2) is 4.80 Å². The van der Waals surface area contributed by atoms with E-state index in [4.69, 9.17) is 6.42 Å². The molecule has 0 bridgehead atoms. The summed E-state index contributed by atoms with van der Waals surface area (Å²) in [6.45, 7) is 4.41. The Morgan fingerprint density at radius 3 is 2.65 bits per heavy atom. The minimum Gasteiger partial charge on any atom is -0.302 e. The van der Waals surface area contributed by atoms with Crippen molar-refractivity contribution in [3.63, 3.8) is 0 Å². The van der Waals surface area contributed by atoms with E-state index in [1.165, 1.54) is 23.0 Å². The van der Waals surface area contributed by atoms with Crippen LogP contribution < -0.4 is 4.80 Å². The van der Waals surface area contributed by atoms with E-state index in [1.807, 2.05) is 24.3 Å². The van der Waals surface area contributed by atoms with Gasteiger partial charge in [0.25, 0.3) is 5.91 Å². The van der Waals surface area contributed by atoms with Crippen molar-refractivity contribution in [3.05, 3.63) is 64.2 Å². The standard InChI is InChI=1S/C21H19FN2OS/c1-4-12-24-20-17(22)6-5-7-18(20)26-21(24)23-19(25)13-15-8-10-16(11-9-15)14(2)3/h1,5-11,14H,12-13H2,2-3H3. The molecule has 5 heteroatoms. The molecule has 3 rings (SSSR count). The fourth-order valence-electron chi connectivity index (χ4n) is 2.75. The summed E-state index contributed by atoms with van der Waals surface area (Å²) >= 11 is 1.26. The average Bonchev–Trinajstić information content (AvgIpc) is 2.94. The third kappa shape index (κ3) is 3.76. The molecular weight excluding hydrogens is 347 g/mol. The molecule has 0 saturated carbocycles. The highest BCUT2D eigenvalue weighted by molar-refractivity contribution is 7.16. The molecule has 26 heavy (non-hydrogen) atoms. The van der Waals surface area contributed by atoms with E-state index in [-0.39, 0.29) is 24.7 Å². The maximum absolute atomic E-state index is 14.2. The molecule has 0 N–H and O–H groups in total. The Bertz CT molecular complexity index is 1050. The zero-order valence-corrected chi connectivity index (χ0v) is 15.5. The summed E-state index contributed by atoms with van der Waals surface area (Å²) in [5, 5.41) is 0. The average molecular weight is 366 g/mol. The Kier molecular flexibility index (Phi) is 5.34. The lowest BCUT2D eigenvalue weighted by Gasteiger charge is -2.05. The van der Waals surface area contributed by atoms with Gasteiger partial charge in [0.1, 0.15) is 5.82 Å². The molecule has 1 amide bonds. The summed E-state index contributed by atoms with van der Waals surface area (Å²) in [6.07, 6.45) is 5.61. The monoisotopic (exact) mass is 366 g/mol. The van der Waals surface area contributed by atoms with Gasteiger partial charge in [-0.25, -0.2) is 4.39 Å². The van der Waals surface area contributed by atoms with Crippen LogP contribution in [0.4, 0.5) is 4.39 Å². The van der Waals surface area contributed by atoms with E-state index in [9.17, 15) is 9.18 Å². The van der Waals surface area contributed by atoms with Gasteiger partial charge in [-0.15, -0.1) is 6.42 Å². The van der Waals surface area contributed by atoms with Crippen molar-refractivity contribution in [1.29, 1.82) is 0 Å². The van der Waals surface area contributed by atoms with Crippen molar-refractivity contribution < 1.29 is 9.18 Å². The summed E-state index contributed by atoms with van der Waals surface area (Å²) < 4.78 is 16.5. The van der Waals surface area contributed by atoms with Gasteiger partial charge in [0, 0.05) is 0 Å². The van der Waals surface area contributed by atoms with Crippen LogP contribution in [0, 0.1) is 18.2 Å². The minimum absolute atomic E-state index is 0.163. The summed E-state index contributed by atoms with van der Waals surface area (Å²) in [6, 6.07) is 12.8. The van der Waals surface area contributed by atoms with Gasteiger partial charge in [-0.3, -0.25) is 4.79 Å². The molecular formula is C21H19FN2OS. The number of hydrogen-bond acceptors (Lipinski definition) is 2. The molecule has 0 unspecified atom stereocenters. The van der Waals surface area contributed by atoms with Gasteiger partial charge < -0.3 is 4.57 Å². The number of fused-ring (bicyclic) bond motifs is 1. The van der Waals surface area contributed by atoms with Crippen LogP contribution in [0.15, 0.2) is 47.5 Å². The van der Waals surface area contributed by atoms with Gasteiger partial charge in [-0.2, -0.15) is 4.99 Å². The molecule has 2 aromatic carbocycles. The fraction of sp³-hybridized carbons (Fsp3) is 0.238. The molecule has 0 saturated heterocycles. The number of hydrogen-bond donors (Lipinski definition) is 0. The first-order chi connectivity index (χ1) is 12.5. The number of carbonyl (C=O) groups excluding carboxylic acids is 1. The van der Waals surface area contributed by atoms with E-state index in [2.05, 4.69) is 24.8 Å². The largest absolute Gasteiger partial charge is 0.302 e. The molecule has 0 aliphatic carbocycles. The fourth-order valence-corrected chi connectivity index (χ4v) is 3.81. The molecule has 3 aromatic rings. The maximum atomic E-state index is 14.2. The normalized spacial score (nSPS) is 11.9. The van der Waals surface area contributed by atoms with Crippen LogP contribution in [0.2, 0.25) is 0 Å². The van der Waals surface area contributed by atoms with Gasteiger partial charge >= 0.3 is 0 Å². The van der Waals surface area contributed by atoms with Crippen molar-refractivity contribution in [2.45, 2.75) is 32.7 Å². The van der Waals surface area contributed by atoms with Gasteiger partial charge in [-0.05, 0) is 29.2 Å². The second-order valence-corrected chi connectivity index (χ2v) is 7.35. The summed E-state index contributed by atoms with van der Waals surface area (Å²) in [7, 11) is 0. The van der Waals surface area contributed by atoms with E-state index in [0.717, 1.165) is 5.56 Å². The van der Waals surface area contributed by atoms with Crippen LogP contribution in [0.1, 0.15) is 30.9 Å². The van der Waals surface area contributed by atoms with Crippen LogP contribution in [0.5, 0.6) is 0 Å². The Balaban J connectivity index is 1.94. The predicted molar refractivity (Wildman–Crippen MR) is 103 cm³/mol. The zero-order valence-electron chi connectivity index (χ0n) is 14.7. The summed E-state index contributed by atoms with van der Waals surface area (Å²) in [4.78, 5) is 17.0. The van der Waals surface area contributed by atoms with E-state index in [1.54, 1.807) is 16.7 Å². The Labute approximate surface area is 155 Å². The van der Waals surface area contributed by atoms with Crippen molar-refractivity contribution >= 4 is 27.5 Å². The van der Waals surface area contributed by atoms with Crippen molar-refractivity contribution in [3.8, 4) is 12.3 Å². The Morgan fingerprint density at radius 1 is 1.27 bits per heavy atom. The summed E-state index contributed by atoms with van der Waals surface area (Å²) in [5.41, 5.74) is 2.52. The van der Waals surface area contributed by atoms with Gasteiger partial charge in [0.05, 0.1) is 23.2 Å². The molecule has 132 valence electrons. The number of para-hydroxylation sites is 1. The smallest absolute Gasteiger partial charge is 0.252 e. The lowest BCUT2D eigenvalue weighted by atomic mass is 10.0. The number of amides is 1. The third-order valence-corrected chi connectivity index (χ3v) is 5.17. The summed E-state index contributed by atoms with van der Waals surface area (Å²) in [5.74, 6) is 2.30. The molecule has 3 nitrogen and oxygen atoms in total. The number of nitrogens with zero attached hydrogens (tertiary/aromatic N) is 2. The second kappa shape index (κ2) is 7.67. The number of halogens is 1. The van der Waals surface area contributed by atoms with E-state index >= 15 is 0 Å². The zero-order chi connectivity index (χ0) is 18.7. The number of aromatic nitrogens is 1. The first kappa shape index (κ1) is 18.1. The van der Waals surface area contributed by atoms with Crippen LogP contribution >= 0.6 is 11.3 Å². The van der Waals surface area contributed by atoms with E-state index in [0.29, 0.717) is 20.9 Å². The van der Waals surface area contributed by atoms with Crippen LogP contribution in [-0.4, -0.2) is 10.5 Å². The first-order valence-electron chi connectivity index (χ1n) is 8.37. The topological polar surface area (TPSA) is 34.4 Å². The van der Waals surface area contributed by atoms with Crippen molar-refractivity contribution in [2.75, 3.05) is 0 Å². The number of thiazole rings is 1. The quantitative estimate of drug-likeness (QED) is 0.635. The number of benzene rings is 2. The number of rotatable bonds is 4. The number of carbonyl (C=O) groups is 1. The highest BCUT2D eigenvalue weighted by Crippen LogP contribution is 2.20. The lowest BCUT2D eigenvalue weighted by molar-refractivity contribution is -0.117. The Hall–Kier alpha value is -2.71. The Morgan fingerprint density at radius 2 is 2.00 bits per heavy atom. The van der Waals surface area contributed by atoms with Gasteiger partial charge in [0.2, 0.25) is 0 Å². The third-order valence-electron chi connectivity index (χ3n) is 4.12. The number of terminal acetylenes is 1. The second-order valence-electron chi connectivity index (χ2n) is 6.34. The van der Waals surface area contributed by atoms with Crippen LogP contribution in [-0.2, 0) is 17.8 Å². The molecule has 0 aliphatic heterocycles. The van der Waals surface area contributed by atoms with Gasteiger partial charge in [-0.1, -0.05) is 61.4 Å². The van der Waals surface area contributed by atoms with Crippen LogP contribution in [0.25, 0.3) is 10.2 Å². The highest BCUT2D eigenvalue weighted by Gasteiger charge is 2.11. The first-order valence-corrected chi connectivity index (χ1v) is 9.19. The van der Waals surface area contributed by atoms with Crippen molar-refractivity contribution in [2.24, 2.45) is 4.99 Å². The SMILES string of the molecule is C#CCn1c(=NC(=O)Cc2ccc(C(C)C)cc2)sc2cccc(F)c21. The van der Waals surface area contributed by atoms with Crippen LogP contribution in [0.3, 0.4) is 0 Å². The molecule has 0 atom stereocenters. The van der Waals surface area contributed by atoms with E-state index < -0.39 is 0 Å². The maximum Gasteiger partial charge on any atom is 0.252 e.